The van der Waals surface area contributed by atoms with E-state index in [4.69, 9.17) is 18.9 Å². The fourth-order valence-corrected chi connectivity index (χ4v) is 2.60. The van der Waals surface area contributed by atoms with Gasteiger partial charge in [0.15, 0.2) is 12.1 Å². The van der Waals surface area contributed by atoms with Crippen molar-refractivity contribution >= 4 is 0 Å². The van der Waals surface area contributed by atoms with E-state index in [1.165, 1.54) is 0 Å². The van der Waals surface area contributed by atoms with Crippen molar-refractivity contribution in [1.29, 1.82) is 0 Å². The van der Waals surface area contributed by atoms with E-state index in [0.717, 1.165) is 25.9 Å². The molecule has 1 unspecified atom stereocenters. The van der Waals surface area contributed by atoms with Gasteiger partial charge in [-0.3, -0.25) is 0 Å². The van der Waals surface area contributed by atoms with Crippen LogP contribution in [-0.2, 0) is 18.9 Å². The maximum Gasteiger partial charge on any atom is 0.164 e. The molecule has 0 amide bonds. The van der Waals surface area contributed by atoms with Gasteiger partial charge >= 0.3 is 0 Å². The van der Waals surface area contributed by atoms with Gasteiger partial charge in [-0.05, 0) is 38.7 Å². The van der Waals surface area contributed by atoms with Gasteiger partial charge in [0.2, 0.25) is 0 Å². The molecule has 1 N–H and O–H groups in total. The Bertz CT molecular complexity index is 373. The minimum absolute atomic E-state index is 0.199. The number of aliphatic hydroxyl groups is 1. The first-order chi connectivity index (χ1) is 9.93. The quantitative estimate of drug-likeness (QED) is 0.762. The maximum atomic E-state index is 10.4. The van der Waals surface area contributed by atoms with Gasteiger partial charge in [0.25, 0.3) is 0 Å². The molecule has 0 spiro atoms. The highest BCUT2D eigenvalue weighted by Crippen LogP contribution is 2.32. The summed E-state index contributed by atoms with van der Waals surface area (Å²) < 4.78 is 22.5. The van der Waals surface area contributed by atoms with E-state index < -0.39 is 18.0 Å². The van der Waals surface area contributed by atoms with Crippen LogP contribution < -0.4 is 0 Å². The van der Waals surface area contributed by atoms with Crippen molar-refractivity contribution in [2.24, 2.45) is 0 Å². The van der Waals surface area contributed by atoms with E-state index in [0.29, 0.717) is 5.57 Å². The first-order valence-electron chi connectivity index (χ1n) is 7.50. The van der Waals surface area contributed by atoms with E-state index in [2.05, 4.69) is 13.2 Å². The molecular formula is C16H26O5. The van der Waals surface area contributed by atoms with Crippen molar-refractivity contribution in [1.82, 2.24) is 0 Å². The molecule has 2 saturated heterocycles. The summed E-state index contributed by atoms with van der Waals surface area (Å²) in [6, 6.07) is 0. The molecule has 2 fully saturated rings. The molecule has 5 nitrogen and oxygen atoms in total. The summed E-state index contributed by atoms with van der Waals surface area (Å²) in [4.78, 5) is 0. The molecule has 0 bridgehead atoms. The minimum atomic E-state index is -0.863. The van der Waals surface area contributed by atoms with Crippen LogP contribution in [0.15, 0.2) is 24.8 Å². The number of rotatable bonds is 6. The van der Waals surface area contributed by atoms with Gasteiger partial charge in [0.1, 0.15) is 18.3 Å². The van der Waals surface area contributed by atoms with Crippen molar-refractivity contribution < 1.29 is 24.1 Å². The van der Waals surface area contributed by atoms with Crippen LogP contribution in [0.3, 0.4) is 0 Å². The summed E-state index contributed by atoms with van der Waals surface area (Å²) in [7, 11) is 0. The highest BCUT2D eigenvalue weighted by atomic mass is 16.8. The van der Waals surface area contributed by atoms with E-state index in [-0.39, 0.29) is 19.0 Å². The Morgan fingerprint density at radius 3 is 2.81 bits per heavy atom. The van der Waals surface area contributed by atoms with Crippen LogP contribution in [0.4, 0.5) is 0 Å². The second kappa shape index (κ2) is 7.03. The number of hydrogen-bond acceptors (Lipinski definition) is 5. The summed E-state index contributed by atoms with van der Waals surface area (Å²) in [5.41, 5.74) is 0.558. The largest absolute Gasteiger partial charge is 0.386 e. The molecule has 4 atom stereocenters. The van der Waals surface area contributed by atoms with Crippen LogP contribution in [0.25, 0.3) is 0 Å². The van der Waals surface area contributed by atoms with Crippen LogP contribution in [0, 0.1) is 0 Å². The predicted octanol–water partition coefficient (Wildman–Crippen LogP) is 2.15. The van der Waals surface area contributed by atoms with E-state index in [1.54, 1.807) is 6.08 Å². The summed E-state index contributed by atoms with van der Waals surface area (Å²) in [5.74, 6) is -0.738. The highest BCUT2D eigenvalue weighted by molar-refractivity contribution is 5.10. The van der Waals surface area contributed by atoms with Gasteiger partial charge in [-0.15, -0.1) is 6.58 Å². The molecule has 0 aromatic rings. The average molecular weight is 298 g/mol. The molecule has 120 valence electrons. The Morgan fingerprint density at radius 1 is 1.43 bits per heavy atom. The lowest BCUT2D eigenvalue weighted by Crippen LogP contribution is -2.37. The Labute approximate surface area is 126 Å². The third-order valence-electron chi connectivity index (χ3n) is 3.72. The fourth-order valence-electron chi connectivity index (χ4n) is 2.60. The smallest absolute Gasteiger partial charge is 0.164 e. The van der Waals surface area contributed by atoms with Gasteiger partial charge in [-0.1, -0.05) is 12.7 Å². The summed E-state index contributed by atoms with van der Waals surface area (Å²) >= 11 is 0. The molecule has 5 heteroatoms. The third kappa shape index (κ3) is 4.37. The van der Waals surface area contributed by atoms with Crippen molar-refractivity contribution in [2.75, 3.05) is 13.2 Å². The van der Waals surface area contributed by atoms with Crippen molar-refractivity contribution in [2.45, 2.75) is 63.5 Å². The van der Waals surface area contributed by atoms with Gasteiger partial charge in [-0.25, -0.2) is 0 Å². The molecule has 0 aromatic carbocycles. The number of ether oxygens (including phenoxy) is 4. The predicted molar refractivity (Wildman–Crippen MR) is 78.7 cm³/mol. The van der Waals surface area contributed by atoms with E-state index >= 15 is 0 Å². The lowest BCUT2D eigenvalue weighted by molar-refractivity contribution is -0.163. The average Bonchev–Trinajstić information content (AvgIpc) is 2.80. The second-order valence-corrected chi connectivity index (χ2v) is 6.01. The fraction of sp³-hybridized carbons (Fsp3) is 0.750. The zero-order valence-corrected chi connectivity index (χ0v) is 12.9. The van der Waals surface area contributed by atoms with Crippen LogP contribution in [0.2, 0.25) is 0 Å². The molecule has 21 heavy (non-hydrogen) atoms. The van der Waals surface area contributed by atoms with Crippen LogP contribution in [0.5, 0.6) is 0 Å². The molecular weight excluding hydrogens is 272 g/mol. The van der Waals surface area contributed by atoms with Crippen LogP contribution in [-0.4, -0.2) is 48.7 Å². The normalized spacial score (nSPS) is 33.6. The number of aliphatic hydroxyl groups excluding tert-OH is 1. The SMILES string of the molecule is C=C[C@@H]1OC(C)(C)O[C@@H]1[C@@H](O)C(=C)COC1CCCCO1. The topological polar surface area (TPSA) is 57.2 Å². The Balaban J connectivity index is 1.85. The zero-order valence-electron chi connectivity index (χ0n) is 12.9. The zero-order chi connectivity index (χ0) is 15.5. The van der Waals surface area contributed by atoms with Crippen molar-refractivity contribution in [3.05, 3.63) is 24.8 Å². The minimum Gasteiger partial charge on any atom is -0.386 e. The lowest BCUT2D eigenvalue weighted by Gasteiger charge is -2.26. The van der Waals surface area contributed by atoms with Crippen molar-refractivity contribution in [3.8, 4) is 0 Å². The van der Waals surface area contributed by atoms with Crippen molar-refractivity contribution in [3.63, 3.8) is 0 Å². The molecule has 0 saturated carbocycles. The van der Waals surface area contributed by atoms with Gasteiger partial charge < -0.3 is 24.1 Å². The summed E-state index contributed by atoms with van der Waals surface area (Å²) in [5, 5.41) is 10.4. The van der Waals surface area contributed by atoms with Gasteiger partial charge in [0.05, 0.1) is 6.61 Å². The monoisotopic (exact) mass is 298 g/mol. The summed E-state index contributed by atoms with van der Waals surface area (Å²) in [6.07, 6.45) is 2.76. The van der Waals surface area contributed by atoms with Gasteiger partial charge in [0, 0.05) is 6.61 Å². The van der Waals surface area contributed by atoms with E-state index in [1.807, 2.05) is 13.8 Å². The maximum absolute atomic E-state index is 10.4. The first-order valence-corrected chi connectivity index (χ1v) is 7.50. The van der Waals surface area contributed by atoms with E-state index in [9.17, 15) is 5.11 Å². The van der Waals surface area contributed by atoms with Gasteiger partial charge in [-0.2, -0.15) is 0 Å². The molecule has 2 aliphatic heterocycles. The Hall–Kier alpha value is -0.720. The first kappa shape index (κ1) is 16.6. The second-order valence-electron chi connectivity index (χ2n) is 6.01. The van der Waals surface area contributed by atoms with Crippen LogP contribution in [0.1, 0.15) is 33.1 Å². The Morgan fingerprint density at radius 2 is 2.19 bits per heavy atom. The molecule has 2 rings (SSSR count). The number of hydrogen-bond donors (Lipinski definition) is 1. The third-order valence-corrected chi connectivity index (χ3v) is 3.72. The van der Waals surface area contributed by atoms with Crippen LogP contribution >= 0.6 is 0 Å². The molecule has 2 heterocycles. The lowest BCUT2D eigenvalue weighted by atomic mass is 10.0. The molecule has 0 aliphatic carbocycles. The molecule has 0 radical (unpaired) electrons. The molecule has 2 aliphatic rings. The molecule has 0 aromatic heterocycles. The highest BCUT2D eigenvalue weighted by Gasteiger charge is 2.44. The Kier molecular flexibility index (Phi) is 5.57. The summed E-state index contributed by atoms with van der Waals surface area (Å²) in [6.45, 7) is 12.2. The standard InChI is InChI=1S/C16H26O5/c1-5-12-15(21-16(3,4)20-12)14(17)11(2)10-19-13-8-6-7-9-18-13/h5,12-15,17H,1-2,6-10H2,3-4H3/t12-,13?,14-,15-/m0/s1.